The zero-order chi connectivity index (χ0) is 14.8. The highest BCUT2D eigenvalue weighted by atomic mass is 35.5. The molecule has 0 saturated heterocycles. The van der Waals surface area contributed by atoms with Crippen molar-refractivity contribution in [3.63, 3.8) is 0 Å². The SMILES string of the molecule is C[Si](C)(C)CC(O)(Cn1ccnc1)c1ccc(Cl)cc1. The predicted molar refractivity (Wildman–Crippen MR) is 85.7 cm³/mol. The first-order chi connectivity index (χ1) is 9.28. The van der Waals surface area contributed by atoms with Crippen LogP contribution in [0.1, 0.15) is 5.56 Å². The van der Waals surface area contributed by atoms with E-state index in [-0.39, 0.29) is 0 Å². The maximum Gasteiger partial charge on any atom is 0.105 e. The van der Waals surface area contributed by atoms with E-state index in [1.54, 1.807) is 12.5 Å². The second-order valence-electron chi connectivity index (χ2n) is 6.51. The lowest BCUT2D eigenvalue weighted by Crippen LogP contribution is -2.39. The van der Waals surface area contributed by atoms with Crippen molar-refractivity contribution in [2.75, 3.05) is 0 Å². The maximum atomic E-state index is 11.2. The van der Waals surface area contributed by atoms with Crippen LogP contribution >= 0.6 is 11.6 Å². The maximum absolute atomic E-state index is 11.2. The summed E-state index contributed by atoms with van der Waals surface area (Å²) in [5.74, 6) is 0. The Balaban J connectivity index is 2.34. The molecular formula is C15H21ClN2OSi. The van der Waals surface area contributed by atoms with Gasteiger partial charge in [0.1, 0.15) is 5.60 Å². The Morgan fingerprint density at radius 2 is 1.90 bits per heavy atom. The van der Waals surface area contributed by atoms with E-state index >= 15 is 0 Å². The van der Waals surface area contributed by atoms with Crippen molar-refractivity contribution in [2.24, 2.45) is 0 Å². The number of aliphatic hydroxyl groups is 1. The van der Waals surface area contributed by atoms with Crippen LogP contribution in [0.5, 0.6) is 0 Å². The summed E-state index contributed by atoms with van der Waals surface area (Å²) in [5.41, 5.74) is 0.0356. The van der Waals surface area contributed by atoms with Gasteiger partial charge in [-0.15, -0.1) is 0 Å². The van der Waals surface area contributed by atoms with Crippen molar-refractivity contribution < 1.29 is 5.11 Å². The molecule has 0 aliphatic heterocycles. The minimum atomic E-state index is -1.44. The number of hydrogen-bond acceptors (Lipinski definition) is 2. The number of aromatic nitrogens is 2. The second kappa shape index (κ2) is 5.72. The van der Waals surface area contributed by atoms with Crippen LogP contribution < -0.4 is 0 Å². The number of nitrogens with zero attached hydrogens (tertiary/aromatic N) is 2. The first-order valence-corrected chi connectivity index (χ1v) is 10.8. The Morgan fingerprint density at radius 3 is 2.40 bits per heavy atom. The van der Waals surface area contributed by atoms with Crippen LogP contribution in [0.4, 0.5) is 0 Å². The molecule has 0 fully saturated rings. The Bertz CT molecular complexity index is 548. The van der Waals surface area contributed by atoms with E-state index in [1.165, 1.54) is 0 Å². The van der Waals surface area contributed by atoms with Gasteiger partial charge in [-0.1, -0.05) is 43.4 Å². The summed E-state index contributed by atoms with van der Waals surface area (Å²) in [7, 11) is -1.44. The Hall–Kier alpha value is -1.10. The number of hydrogen-bond donors (Lipinski definition) is 1. The van der Waals surface area contributed by atoms with E-state index in [1.807, 2.05) is 35.0 Å². The molecule has 0 saturated carbocycles. The van der Waals surface area contributed by atoms with E-state index in [9.17, 15) is 5.11 Å². The predicted octanol–water partition coefficient (Wildman–Crippen LogP) is 3.76. The van der Waals surface area contributed by atoms with Gasteiger partial charge in [-0.2, -0.15) is 0 Å². The molecule has 1 N–H and O–H groups in total. The molecule has 1 aromatic carbocycles. The fourth-order valence-corrected chi connectivity index (χ4v) is 4.77. The molecule has 0 aliphatic rings. The summed E-state index contributed by atoms with van der Waals surface area (Å²) < 4.78 is 1.93. The van der Waals surface area contributed by atoms with Gasteiger partial charge in [0.15, 0.2) is 0 Å². The standard InChI is InChI=1S/C15H21ClN2OSi/c1-20(2,3)11-15(19,10-18-9-8-17-12-18)13-4-6-14(16)7-5-13/h4-9,12,19H,10-11H2,1-3H3. The van der Waals surface area contributed by atoms with Crippen LogP contribution in [-0.2, 0) is 12.1 Å². The molecule has 20 heavy (non-hydrogen) atoms. The van der Waals surface area contributed by atoms with E-state index in [0.29, 0.717) is 11.6 Å². The topological polar surface area (TPSA) is 38.0 Å². The molecule has 5 heteroatoms. The molecule has 0 bridgehead atoms. The molecular weight excluding hydrogens is 288 g/mol. The van der Waals surface area contributed by atoms with Crippen LogP contribution in [0.2, 0.25) is 30.7 Å². The fraction of sp³-hybridized carbons (Fsp3) is 0.400. The first kappa shape index (κ1) is 15.3. The van der Waals surface area contributed by atoms with Crippen molar-refractivity contribution >= 4 is 19.7 Å². The Kier molecular flexibility index (Phi) is 4.37. The third kappa shape index (κ3) is 3.95. The molecule has 1 unspecified atom stereocenters. The third-order valence-corrected chi connectivity index (χ3v) is 5.11. The molecule has 2 aromatic rings. The lowest BCUT2D eigenvalue weighted by molar-refractivity contribution is 0.0369. The van der Waals surface area contributed by atoms with Crippen molar-refractivity contribution in [1.29, 1.82) is 0 Å². The molecule has 0 radical (unpaired) electrons. The van der Waals surface area contributed by atoms with Crippen molar-refractivity contribution in [3.8, 4) is 0 Å². The highest BCUT2D eigenvalue weighted by Gasteiger charge is 2.35. The van der Waals surface area contributed by atoms with Gasteiger partial charge >= 0.3 is 0 Å². The van der Waals surface area contributed by atoms with E-state index < -0.39 is 13.7 Å². The number of imidazole rings is 1. The van der Waals surface area contributed by atoms with Crippen LogP contribution in [0.15, 0.2) is 43.0 Å². The van der Waals surface area contributed by atoms with Crippen molar-refractivity contribution in [2.45, 2.75) is 37.8 Å². The number of benzene rings is 1. The number of halogens is 1. The molecule has 1 atom stereocenters. The van der Waals surface area contributed by atoms with Gasteiger partial charge in [0.2, 0.25) is 0 Å². The van der Waals surface area contributed by atoms with E-state index in [0.717, 1.165) is 11.6 Å². The molecule has 3 nitrogen and oxygen atoms in total. The van der Waals surface area contributed by atoms with E-state index in [4.69, 9.17) is 11.6 Å². The van der Waals surface area contributed by atoms with Crippen molar-refractivity contribution in [1.82, 2.24) is 9.55 Å². The van der Waals surface area contributed by atoms with Gasteiger partial charge in [0, 0.05) is 25.5 Å². The zero-order valence-electron chi connectivity index (χ0n) is 12.2. The van der Waals surface area contributed by atoms with Gasteiger partial charge in [-0.25, -0.2) is 4.98 Å². The summed E-state index contributed by atoms with van der Waals surface area (Å²) >= 11 is 5.95. The molecule has 0 aliphatic carbocycles. The van der Waals surface area contributed by atoms with Crippen LogP contribution in [-0.4, -0.2) is 22.7 Å². The summed E-state index contributed by atoms with van der Waals surface area (Å²) in [6, 6.07) is 8.29. The normalized spacial score (nSPS) is 15.1. The van der Waals surface area contributed by atoms with Crippen LogP contribution in [0, 0.1) is 0 Å². The highest BCUT2D eigenvalue weighted by Crippen LogP contribution is 2.33. The Morgan fingerprint density at radius 1 is 1.25 bits per heavy atom. The van der Waals surface area contributed by atoms with Gasteiger partial charge in [-0.3, -0.25) is 0 Å². The van der Waals surface area contributed by atoms with Crippen LogP contribution in [0.3, 0.4) is 0 Å². The average molecular weight is 309 g/mol. The summed E-state index contributed by atoms with van der Waals surface area (Å²) in [4.78, 5) is 4.05. The smallest absolute Gasteiger partial charge is 0.105 e. The number of rotatable bonds is 5. The van der Waals surface area contributed by atoms with Crippen molar-refractivity contribution in [3.05, 3.63) is 53.6 Å². The lowest BCUT2D eigenvalue weighted by Gasteiger charge is -2.34. The minimum Gasteiger partial charge on any atom is -0.384 e. The molecule has 108 valence electrons. The van der Waals surface area contributed by atoms with Gasteiger partial charge in [0.25, 0.3) is 0 Å². The monoisotopic (exact) mass is 308 g/mol. The Labute approximate surface area is 126 Å². The highest BCUT2D eigenvalue weighted by molar-refractivity contribution is 6.76. The quantitative estimate of drug-likeness (QED) is 0.854. The molecule has 1 heterocycles. The van der Waals surface area contributed by atoms with Gasteiger partial charge in [-0.05, 0) is 23.7 Å². The largest absolute Gasteiger partial charge is 0.384 e. The average Bonchev–Trinajstić information content (AvgIpc) is 2.79. The molecule has 2 rings (SSSR count). The summed E-state index contributed by atoms with van der Waals surface area (Å²) in [6.07, 6.45) is 5.35. The molecule has 0 spiro atoms. The fourth-order valence-electron chi connectivity index (χ4n) is 2.57. The third-order valence-electron chi connectivity index (χ3n) is 3.21. The first-order valence-electron chi connectivity index (χ1n) is 6.73. The summed E-state index contributed by atoms with van der Waals surface area (Å²) in [6.45, 7) is 7.31. The zero-order valence-corrected chi connectivity index (χ0v) is 13.9. The molecule has 1 aromatic heterocycles. The second-order valence-corrected chi connectivity index (χ2v) is 12.4. The van der Waals surface area contributed by atoms with Gasteiger partial charge < -0.3 is 9.67 Å². The molecule has 0 amide bonds. The minimum absolute atomic E-state index is 0.513. The lowest BCUT2D eigenvalue weighted by atomic mass is 9.95. The van der Waals surface area contributed by atoms with Crippen LogP contribution in [0.25, 0.3) is 0 Å². The van der Waals surface area contributed by atoms with E-state index in [2.05, 4.69) is 24.6 Å². The summed E-state index contributed by atoms with van der Waals surface area (Å²) in [5, 5.41) is 11.9. The van der Waals surface area contributed by atoms with Gasteiger partial charge in [0.05, 0.1) is 12.9 Å².